The fourth-order valence-corrected chi connectivity index (χ4v) is 4.15. The van der Waals surface area contributed by atoms with E-state index in [1.165, 1.54) is 5.56 Å². The molecule has 32 heavy (non-hydrogen) atoms. The number of nitrogens with one attached hydrogen (secondary N) is 1. The van der Waals surface area contributed by atoms with Gasteiger partial charge in [-0.05, 0) is 44.2 Å². The quantitative estimate of drug-likeness (QED) is 0.410. The van der Waals surface area contributed by atoms with Crippen LogP contribution in [0.3, 0.4) is 0 Å². The molecule has 1 atom stereocenters. The molecule has 5 heteroatoms. The molecule has 2 heterocycles. The van der Waals surface area contributed by atoms with E-state index in [1.54, 1.807) is 6.20 Å². The number of hydrogen-bond acceptors (Lipinski definition) is 3. The van der Waals surface area contributed by atoms with Crippen molar-refractivity contribution in [3.8, 4) is 11.1 Å². The van der Waals surface area contributed by atoms with Crippen LogP contribution in [0.5, 0.6) is 0 Å². The summed E-state index contributed by atoms with van der Waals surface area (Å²) in [5, 5.41) is 7.94. The zero-order valence-corrected chi connectivity index (χ0v) is 19.0. The molecule has 164 valence electrons. The summed E-state index contributed by atoms with van der Waals surface area (Å²) in [5.74, 6) is -0.0853. The molecule has 5 nitrogen and oxygen atoms in total. The molecule has 0 bridgehead atoms. The Labute approximate surface area is 189 Å². The zero-order chi connectivity index (χ0) is 22.5. The topological polar surface area (TPSA) is 59.3 Å². The molecule has 1 amide bonds. The third kappa shape index (κ3) is 4.57. The van der Waals surface area contributed by atoms with E-state index in [0.717, 1.165) is 53.8 Å². The lowest BCUT2D eigenvalue weighted by atomic mass is 10.0. The molecule has 0 radical (unpaired) electrons. The molecule has 0 spiro atoms. The summed E-state index contributed by atoms with van der Waals surface area (Å²) in [6.45, 7) is 6.17. The number of carbonyl (C=O) groups excluding carboxylic acids is 1. The molecule has 2 aromatic heterocycles. The van der Waals surface area contributed by atoms with Crippen LogP contribution in [0.25, 0.3) is 16.8 Å². The molecule has 0 unspecified atom stereocenters. The van der Waals surface area contributed by atoms with Crippen LogP contribution >= 0.6 is 0 Å². The summed E-state index contributed by atoms with van der Waals surface area (Å²) < 4.78 is 1.87. The van der Waals surface area contributed by atoms with Gasteiger partial charge in [0.05, 0.1) is 17.0 Å². The summed E-state index contributed by atoms with van der Waals surface area (Å²) in [6, 6.07) is 20.6. The number of carbonyl (C=O) groups is 1. The lowest BCUT2D eigenvalue weighted by Gasteiger charge is -2.16. The van der Waals surface area contributed by atoms with Crippen molar-refractivity contribution in [2.75, 3.05) is 0 Å². The number of fused-ring (bicyclic) bond motifs is 1. The smallest absolute Gasteiger partial charge is 0.254 e. The second kappa shape index (κ2) is 9.77. The predicted octanol–water partition coefficient (Wildman–Crippen LogP) is 5.41. The number of nitrogens with zero attached hydrogens (tertiary/aromatic N) is 3. The first-order valence-corrected chi connectivity index (χ1v) is 11.4. The number of hydrogen-bond donors (Lipinski definition) is 1. The highest BCUT2D eigenvalue weighted by atomic mass is 16.1. The van der Waals surface area contributed by atoms with Gasteiger partial charge in [0.2, 0.25) is 0 Å². The second-order valence-electron chi connectivity index (χ2n) is 8.33. The van der Waals surface area contributed by atoms with Crippen molar-refractivity contribution in [2.24, 2.45) is 0 Å². The van der Waals surface area contributed by atoms with E-state index >= 15 is 0 Å². The molecule has 0 aliphatic carbocycles. The van der Waals surface area contributed by atoms with Crippen molar-refractivity contribution in [3.63, 3.8) is 0 Å². The van der Waals surface area contributed by atoms with Gasteiger partial charge in [-0.3, -0.25) is 4.79 Å². The minimum absolute atomic E-state index is 0.0621. The highest BCUT2D eigenvalue weighted by molar-refractivity contribution is 5.96. The third-order valence-electron chi connectivity index (χ3n) is 5.80. The van der Waals surface area contributed by atoms with Gasteiger partial charge in [-0.2, -0.15) is 5.10 Å². The minimum atomic E-state index is -0.0853. The molecule has 0 saturated carbocycles. The third-order valence-corrected chi connectivity index (χ3v) is 5.80. The van der Waals surface area contributed by atoms with Gasteiger partial charge in [0.1, 0.15) is 0 Å². The van der Waals surface area contributed by atoms with Crippen molar-refractivity contribution in [1.82, 2.24) is 19.9 Å². The fraction of sp³-hybridized carbons (Fsp3) is 0.296. The SMILES string of the molecule is CCCc1c(C(=O)N[C@@H](C)CCc2ccccc2)cnc2c(-c3ccccc3)c(C)nn12. The molecule has 0 aliphatic heterocycles. The fourth-order valence-electron chi connectivity index (χ4n) is 4.15. The Morgan fingerprint density at radius 3 is 2.41 bits per heavy atom. The Morgan fingerprint density at radius 2 is 1.72 bits per heavy atom. The van der Waals surface area contributed by atoms with Crippen LogP contribution in [0.4, 0.5) is 0 Å². The van der Waals surface area contributed by atoms with Gasteiger partial charge in [0.25, 0.3) is 5.91 Å². The van der Waals surface area contributed by atoms with Crippen molar-refractivity contribution < 1.29 is 4.79 Å². The number of benzene rings is 2. The zero-order valence-electron chi connectivity index (χ0n) is 19.0. The van der Waals surface area contributed by atoms with Crippen LogP contribution in [-0.4, -0.2) is 26.5 Å². The Balaban J connectivity index is 1.60. The monoisotopic (exact) mass is 426 g/mol. The number of amides is 1. The maximum atomic E-state index is 13.2. The summed E-state index contributed by atoms with van der Waals surface area (Å²) in [4.78, 5) is 17.9. The van der Waals surface area contributed by atoms with Crippen LogP contribution in [0.15, 0.2) is 66.9 Å². The van der Waals surface area contributed by atoms with E-state index in [1.807, 2.05) is 47.8 Å². The van der Waals surface area contributed by atoms with Gasteiger partial charge < -0.3 is 5.32 Å². The van der Waals surface area contributed by atoms with Crippen LogP contribution in [-0.2, 0) is 12.8 Å². The molecule has 4 rings (SSSR count). The first-order valence-electron chi connectivity index (χ1n) is 11.4. The van der Waals surface area contributed by atoms with E-state index in [2.05, 4.69) is 48.4 Å². The van der Waals surface area contributed by atoms with Crippen LogP contribution in [0, 0.1) is 6.92 Å². The predicted molar refractivity (Wildman–Crippen MR) is 129 cm³/mol. The Kier molecular flexibility index (Phi) is 6.64. The Hall–Kier alpha value is -3.47. The lowest BCUT2D eigenvalue weighted by Crippen LogP contribution is -2.34. The van der Waals surface area contributed by atoms with Crippen molar-refractivity contribution >= 4 is 11.6 Å². The van der Waals surface area contributed by atoms with Crippen LogP contribution in [0.1, 0.15) is 54.0 Å². The first kappa shape index (κ1) is 21.8. The minimum Gasteiger partial charge on any atom is -0.349 e. The molecule has 1 N–H and O–H groups in total. The van der Waals surface area contributed by atoms with E-state index in [-0.39, 0.29) is 11.9 Å². The summed E-state index contributed by atoms with van der Waals surface area (Å²) in [6.07, 6.45) is 5.21. The van der Waals surface area contributed by atoms with Gasteiger partial charge in [0, 0.05) is 17.8 Å². The van der Waals surface area contributed by atoms with Gasteiger partial charge >= 0.3 is 0 Å². The molecular weight excluding hydrogens is 396 g/mol. The average Bonchev–Trinajstić information content (AvgIpc) is 3.15. The van der Waals surface area contributed by atoms with E-state index in [9.17, 15) is 4.79 Å². The number of aryl methyl sites for hydroxylation is 3. The maximum Gasteiger partial charge on any atom is 0.254 e. The van der Waals surface area contributed by atoms with Gasteiger partial charge in [-0.25, -0.2) is 9.50 Å². The highest BCUT2D eigenvalue weighted by Crippen LogP contribution is 2.28. The average molecular weight is 427 g/mol. The van der Waals surface area contributed by atoms with E-state index in [4.69, 9.17) is 5.10 Å². The van der Waals surface area contributed by atoms with Gasteiger partial charge in [-0.1, -0.05) is 74.0 Å². The maximum absolute atomic E-state index is 13.2. The number of aromatic nitrogens is 3. The summed E-state index contributed by atoms with van der Waals surface area (Å²) in [7, 11) is 0. The van der Waals surface area contributed by atoms with Gasteiger partial charge in [-0.15, -0.1) is 0 Å². The second-order valence-corrected chi connectivity index (χ2v) is 8.33. The van der Waals surface area contributed by atoms with Crippen molar-refractivity contribution in [2.45, 2.75) is 52.5 Å². The van der Waals surface area contributed by atoms with E-state index in [0.29, 0.717) is 5.56 Å². The van der Waals surface area contributed by atoms with Crippen molar-refractivity contribution in [3.05, 3.63) is 89.4 Å². The molecule has 0 aliphatic rings. The molecule has 4 aromatic rings. The largest absolute Gasteiger partial charge is 0.349 e. The van der Waals surface area contributed by atoms with Crippen LogP contribution in [0.2, 0.25) is 0 Å². The Morgan fingerprint density at radius 1 is 1.03 bits per heavy atom. The molecular formula is C27H30N4O. The lowest BCUT2D eigenvalue weighted by molar-refractivity contribution is 0.0936. The Bertz CT molecular complexity index is 1200. The first-order chi connectivity index (χ1) is 15.6. The standard InChI is InChI=1S/C27H30N4O/c1-4-11-24-23(27(32)29-19(2)16-17-21-12-7-5-8-13-21)18-28-26-25(20(3)30-31(24)26)22-14-9-6-10-15-22/h5-10,12-15,18-19H,4,11,16-17H2,1-3H3,(H,29,32)/t19-/m0/s1. The summed E-state index contributed by atoms with van der Waals surface area (Å²) in [5.41, 5.74) is 6.61. The van der Waals surface area contributed by atoms with Crippen molar-refractivity contribution in [1.29, 1.82) is 0 Å². The normalized spacial score (nSPS) is 12.1. The van der Waals surface area contributed by atoms with Crippen LogP contribution < -0.4 is 5.32 Å². The highest BCUT2D eigenvalue weighted by Gasteiger charge is 2.21. The van der Waals surface area contributed by atoms with Gasteiger partial charge in [0.15, 0.2) is 5.65 Å². The molecule has 0 fully saturated rings. The molecule has 2 aromatic carbocycles. The summed E-state index contributed by atoms with van der Waals surface area (Å²) >= 11 is 0. The number of rotatable bonds is 8. The van der Waals surface area contributed by atoms with E-state index < -0.39 is 0 Å². The molecule has 0 saturated heterocycles.